The van der Waals surface area contributed by atoms with Crippen LogP contribution in [0, 0.1) is 0 Å². The summed E-state index contributed by atoms with van der Waals surface area (Å²) in [5, 5.41) is 3.60. The molecule has 9 heteroatoms. The molecule has 0 saturated heterocycles. The maximum atomic E-state index is 12.8. The van der Waals surface area contributed by atoms with Gasteiger partial charge in [-0.2, -0.15) is 0 Å². The highest BCUT2D eigenvalue weighted by atomic mass is 19.1. The molecule has 0 radical (unpaired) electrons. The van der Waals surface area contributed by atoms with E-state index in [0.717, 1.165) is 11.1 Å². The zero-order chi connectivity index (χ0) is 22.7. The summed E-state index contributed by atoms with van der Waals surface area (Å²) in [7, 11) is 4.78. The van der Waals surface area contributed by atoms with Crippen LogP contribution in [0.25, 0.3) is 22.2 Å². The molecule has 0 fully saturated rings. The lowest BCUT2D eigenvalue weighted by Gasteiger charge is -2.13. The van der Waals surface area contributed by atoms with Gasteiger partial charge in [0.2, 0.25) is 0 Å². The van der Waals surface area contributed by atoms with Gasteiger partial charge in [0.1, 0.15) is 17.9 Å². The Kier molecular flexibility index (Phi) is 5.98. The van der Waals surface area contributed by atoms with Gasteiger partial charge in [0.05, 0.1) is 37.5 Å². The number of nitrogens with zero attached hydrogens (tertiary/aromatic N) is 4. The Morgan fingerprint density at radius 2 is 1.88 bits per heavy atom. The number of pyridine rings is 2. The molecule has 4 rings (SSSR count). The van der Waals surface area contributed by atoms with Gasteiger partial charge in [-0.25, -0.2) is 14.4 Å². The van der Waals surface area contributed by atoms with Crippen LogP contribution in [0.4, 0.5) is 10.2 Å². The van der Waals surface area contributed by atoms with Gasteiger partial charge in [0.25, 0.3) is 5.56 Å². The maximum absolute atomic E-state index is 12.8. The SMILES string of the molecule is COc1ccc(-c2cc3ncn(C)c(=O)c3c(NCc3ccc(CF)nc3)n2)cc1OC. The summed E-state index contributed by atoms with van der Waals surface area (Å²) in [5.41, 5.74) is 2.90. The predicted molar refractivity (Wildman–Crippen MR) is 120 cm³/mol. The fourth-order valence-electron chi connectivity index (χ4n) is 3.32. The van der Waals surface area contributed by atoms with Crippen LogP contribution in [-0.4, -0.2) is 33.7 Å². The van der Waals surface area contributed by atoms with Gasteiger partial charge in [0, 0.05) is 25.4 Å². The topological polar surface area (TPSA) is 91.2 Å². The Hall–Kier alpha value is -4.01. The highest BCUT2D eigenvalue weighted by Gasteiger charge is 2.15. The average molecular weight is 435 g/mol. The number of halogens is 1. The summed E-state index contributed by atoms with van der Waals surface area (Å²) in [6.45, 7) is -0.260. The number of ether oxygens (including phenoxy) is 2. The quantitative estimate of drug-likeness (QED) is 0.475. The van der Waals surface area contributed by atoms with E-state index < -0.39 is 6.67 Å². The summed E-state index contributed by atoms with van der Waals surface area (Å²) in [6.07, 6.45) is 3.07. The zero-order valence-electron chi connectivity index (χ0n) is 17.9. The number of hydrogen-bond acceptors (Lipinski definition) is 7. The molecule has 0 aliphatic rings. The van der Waals surface area contributed by atoms with Crippen molar-refractivity contribution >= 4 is 16.7 Å². The molecule has 164 valence electrons. The number of benzene rings is 1. The Bertz CT molecular complexity index is 1320. The third-order valence-corrected chi connectivity index (χ3v) is 5.07. The molecule has 0 atom stereocenters. The molecule has 32 heavy (non-hydrogen) atoms. The fraction of sp³-hybridized carbons (Fsp3) is 0.217. The van der Waals surface area contributed by atoms with Gasteiger partial charge in [-0.3, -0.25) is 9.78 Å². The zero-order valence-corrected chi connectivity index (χ0v) is 17.9. The van der Waals surface area contributed by atoms with Gasteiger partial charge >= 0.3 is 0 Å². The highest BCUT2D eigenvalue weighted by Crippen LogP contribution is 2.33. The van der Waals surface area contributed by atoms with Crippen LogP contribution in [0.5, 0.6) is 11.5 Å². The number of hydrogen-bond donors (Lipinski definition) is 1. The van der Waals surface area contributed by atoms with Crippen molar-refractivity contribution in [1.29, 1.82) is 0 Å². The van der Waals surface area contributed by atoms with Gasteiger partial charge < -0.3 is 19.4 Å². The number of fused-ring (bicyclic) bond motifs is 1. The fourth-order valence-corrected chi connectivity index (χ4v) is 3.32. The molecular weight excluding hydrogens is 413 g/mol. The van der Waals surface area contributed by atoms with Crippen LogP contribution < -0.4 is 20.3 Å². The number of rotatable bonds is 7. The van der Waals surface area contributed by atoms with Crippen LogP contribution >= 0.6 is 0 Å². The monoisotopic (exact) mass is 435 g/mol. The van der Waals surface area contributed by atoms with Crippen molar-refractivity contribution in [1.82, 2.24) is 19.5 Å². The summed E-state index contributed by atoms with van der Waals surface area (Å²) in [5.74, 6) is 1.57. The summed E-state index contributed by atoms with van der Waals surface area (Å²) in [4.78, 5) is 26.0. The third kappa shape index (κ3) is 4.09. The number of alkyl halides is 1. The number of anilines is 1. The first kappa shape index (κ1) is 21.2. The van der Waals surface area contributed by atoms with E-state index >= 15 is 0 Å². The molecular formula is C23H22FN5O3. The first-order chi connectivity index (χ1) is 15.5. The third-order valence-electron chi connectivity index (χ3n) is 5.07. The maximum Gasteiger partial charge on any atom is 0.264 e. The van der Waals surface area contributed by atoms with Gasteiger partial charge in [-0.1, -0.05) is 6.07 Å². The molecule has 1 aromatic carbocycles. The first-order valence-electron chi connectivity index (χ1n) is 9.86. The highest BCUT2D eigenvalue weighted by molar-refractivity contribution is 5.91. The molecule has 0 aliphatic heterocycles. The second-order valence-corrected chi connectivity index (χ2v) is 7.13. The normalized spacial score (nSPS) is 10.9. The van der Waals surface area contributed by atoms with E-state index in [2.05, 4.69) is 15.3 Å². The minimum Gasteiger partial charge on any atom is -0.493 e. The van der Waals surface area contributed by atoms with E-state index in [-0.39, 0.29) is 5.56 Å². The summed E-state index contributed by atoms with van der Waals surface area (Å²) < 4.78 is 24.8. The first-order valence-corrected chi connectivity index (χ1v) is 9.86. The van der Waals surface area contributed by atoms with Gasteiger partial charge in [-0.15, -0.1) is 0 Å². The van der Waals surface area contributed by atoms with Crippen LogP contribution in [-0.2, 0) is 20.3 Å². The van der Waals surface area contributed by atoms with Crippen molar-refractivity contribution in [3.05, 3.63) is 70.5 Å². The van der Waals surface area contributed by atoms with E-state index in [1.54, 1.807) is 51.7 Å². The molecule has 3 aromatic heterocycles. The van der Waals surface area contributed by atoms with E-state index in [9.17, 15) is 9.18 Å². The minimum absolute atomic E-state index is 0.213. The molecule has 8 nitrogen and oxygen atoms in total. The largest absolute Gasteiger partial charge is 0.493 e. The minimum atomic E-state index is -0.616. The van der Waals surface area contributed by atoms with Crippen molar-refractivity contribution in [2.75, 3.05) is 19.5 Å². The molecule has 0 saturated carbocycles. The number of methoxy groups -OCH3 is 2. The lowest BCUT2D eigenvalue weighted by Crippen LogP contribution is -2.19. The van der Waals surface area contributed by atoms with E-state index in [1.165, 1.54) is 10.9 Å². The van der Waals surface area contributed by atoms with E-state index in [0.29, 0.717) is 46.2 Å². The van der Waals surface area contributed by atoms with Crippen molar-refractivity contribution in [3.63, 3.8) is 0 Å². The van der Waals surface area contributed by atoms with Crippen molar-refractivity contribution in [3.8, 4) is 22.8 Å². The van der Waals surface area contributed by atoms with Crippen LogP contribution in [0.2, 0.25) is 0 Å². The molecule has 0 unspecified atom stereocenters. The predicted octanol–water partition coefficient (Wildman–Crippen LogP) is 3.49. The second kappa shape index (κ2) is 9.01. The molecule has 4 aromatic rings. The lowest BCUT2D eigenvalue weighted by molar-refractivity contribution is 0.355. The number of nitrogens with one attached hydrogen (secondary N) is 1. The lowest BCUT2D eigenvalue weighted by atomic mass is 10.1. The Labute approximate surface area is 183 Å². The standard InChI is InChI=1S/C23H22FN5O3/c1-29-13-27-18-9-17(15-5-7-19(31-2)20(8-15)32-3)28-22(21(18)23(29)30)26-12-14-4-6-16(10-24)25-11-14/h4-9,11,13H,10,12H2,1-3H3,(H,26,28). The van der Waals surface area contributed by atoms with Crippen molar-refractivity contribution < 1.29 is 13.9 Å². The van der Waals surface area contributed by atoms with Gasteiger partial charge in [0.15, 0.2) is 11.5 Å². The number of aromatic nitrogens is 4. The molecule has 0 amide bonds. The van der Waals surface area contributed by atoms with Crippen LogP contribution in [0.1, 0.15) is 11.3 Å². The molecule has 0 aliphatic carbocycles. The molecule has 0 spiro atoms. The Balaban J connectivity index is 1.79. The second-order valence-electron chi connectivity index (χ2n) is 7.13. The van der Waals surface area contributed by atoms with Crippen molar-refractivity contribution in [2.45, 2.75) is 13.2 Å². The molecule has 3 heterocycles. The molecule has 0 bridgehead atoms. The Morgan fingerprint density at radius 1 is 1.06 bits per heavy atom. The van der Waals surface area contributed by atoms with Crippen LogP contribution in [0.15, 0.2) is 53.7 Å². The average Bonchev–Trinajstić information content (AvgIpc) is 2.84. The Morgan fingerprint density at radius 3 is 2.56 bits per heavy atom. The summed E-state index contributed by atoms with van der Waals surface area (Å²) >= 11 is 0. The number of aryl methyl sites for hydroxylation is 1. The summed E-state index contributed by atoms with van der Waals surface area (Å²) in [6, 6.07) is 10.6. The van der Waals surface area contributed by atoms with Crippen molar-refractivity contribution in [2.24, 2.45) is 7.05 Å². The van der Waals surface area contributed by atoms with Gasteiger partial charge in [-0.05, 0) is 35.9 Å². The smallest absolute Gasteiger partial charge is 0.264 e. The van der Waals surface area contributed by atoms with E-state index in [1.807, 2.05) is 12.1 Å². The van der Waals surface area contributed by atoms with Crippen LogP contribution in [0.3, 0.4) is 0 Å². The molecule has 1 N–H and O–H groups in total. The van der Waals surface area contributed by atoms with E-state index in [4.69, 9.17) is 14.5 Å².